The molecule has 1 fully saturated rings. The molecule has 1 saturated heterocycles. The molecule has 9 nitrogen and oxygen atoms in total. The van der Waals surface area contributed by atoms with E-state index in [9.17, 15) is 24.1 Å². The van der Waals surface area contributed by atoms with Crippen molar-refractivity contribution in [2.75, 3.05) is 38.2 Å². The minimum Gasteiger partial charge on any atom is -0.379 e. The van der Waals surface area contributed by atoms with Gasteiger partial charge in [0.1, 0.15) is 5.82 Å². The van der Waals surface area contributed by atoms with Crippen LogP contribution in [0.1, 0.15) is 11.6 Å². The fourth-order valence-corrected chi connectivity index (χ4v) is 3.19. The van der Waals surface area contributed by atoms with Crippen molar-refractivity contribution in [2.24, 2.45) is 0 Å². The number of nitro benzene ring substituents is 1. The largest absolute Gasteiger partial charge is 0.379 e. The number of rotatable bonds is 6. The second-order valence-electron chi connectivity index (χ2n) is 6.69. The van der Waals surface area contributed by atoms with Gasteiger partial charge < -0.3 is 15.4 Å². The Balaban J connectivity index is 1.64. The van der Waals surface area contributed by atoms with E-state index in [1.54, 1.807) is 12.1 Å². The Hall–Kier alpha value is -3.37. The Morgan fingerprint density at radius 2 is 1.83 bits per heavy atom. The predicted octanol–water partition coefficient (Wildman–Crippen LogP) is 1.86. The molecule has 3 rings (SSSR count). The van der Waals surface area contributed by atoms with Gasteiger partial charge in [0.05, 0.1) is 24.2 Å². The monoisotopic (exact) mass is 416 g/mol. The van der Waals surface area contributed by atoms with Crippen LogP contribution in [0.2, 0.25) is 0 Å². The summed E-state index contributed by atoms with van der Waals surface area (Å²) in [5, 5.41) is 15.8. The third kappa shape index (κ3) is 5.58. The second kappa shape index (κ2) is 9.90. The van der Waals surface area contributed by atoms with Crippen LogP contribution < -0.4 is 10.6 Å². The molecule has 1 unspecified atom stereocenters. The average molecular weight is 416 g/mol. The lowest BCUT2D eigenvalue weighted by molar-refractivity contribution is -0.384. The molecule has 158 valence electrons. The number of ether oxygens (including phenoxy) is 1. The molecule has 2 N–H and O–H groups in total. The number of non-ortho nitro benzene ring substituents is 1. The van der Waals surface area contributed by atoms with Crippen LogP contribution in [0.15, 0.2) is 48.5 Å². The molecule has 0 aromatic heterocycles. The van der Waals surface area contributed by atoms with Gasteiger partial charge in [0.25, 0.3) is 5.69 Å². The number of nitrogens with one attached hydrogen (secondary N) is 2. The van der Waals surface area contributed by atoms with Gasteiger partial charge >= 0.3 is 11.8 Å². The molecule has 1 heterocycles. The van der Waals surface area contributed by atoms with E-state index < -0.39 is 16.7 Å². The van der Waals surface area contributed by atoms with Crippen molar-refractivity contribution in [3.63, 3.8) is 0 Å². The van der Waals surface area contributed by atoms with E-state index in [2.05, 4.69) is 15.5 Å². The van der Waals surface area contributed by atoms with Crippen molar-refractivity contribution in [3.8, 4) is 0 Å². The average Bonchev–Trinajstić information content (AvgIpc) is 2.76. The first-order chi connectivity index (χ1) is 14.4. The van der Waals surface area contributed by atoms with E-state index in [1.165, 1.54) is 36.4 Å². The lowest BCUT2D eigenvalue weighted by Crippen LogP contribution is -2.45. The zero-order valence-electron chi connectivity index (χ0n) is 16.0. The van der Waals surface area contributed by atoms with Crippen molar-refractivity contribution in [3.05, 3.63) is 70.0 Å². The SMILES string of the molecule is O=C(NCC(c1ccc(F)cc1)N1CCOCC1)C(=O)Nc1cccc([N+](=O)[O-])c1. The van der Waals surface area contributed by atoms with Crippen molar-refractivity contribution < 1.29 is 23.6 Å². The minimum atomic E-state index is -0.935. The van der Waals surface area contributed by atoms with E-state index in [0.717, 1.165) is 5.56 Å². The summed E-state index contributed by atoms with van der Waals surface area (Å²) in [4.78, 5) is 36.8. The van der Waals surface area contributed by atoms with Crippen molar-refractivity contribution in [1.82, 2.24) is 10.2 Å². The molecule has 2 amide bonds. The van der Waals surface area contributed by atoms with Gasteiger partial charge in [-0.3, -0.25) is 24.6 Å². The highest BCUT2D eigenvalue weighted by molar-refractivity contribution is 6.39. The van der Waals surface area contributed by atoms with E-state index in [1.807, 2.05) is 0 Å². The van der Waals surface area contributed by atoms with Crippen molar-refractivity contribution in [2.45, 2.75) is 6.04 Å². The van der Waals surface area contributed by atoms with Crippen LogP contribution in [0.3, 0.4) is 0 Å². The first-order valence-electron chi connectivity index (χ1n) is 9.35. The van der Waals surface area contributed by atoms with E-state index in [0.29, 0.717) is 26.3 Å². The van der Waals surface area contributed by atoms with E-state index in [-0.39, 0.29) is 29.8 Å². The van der Waals surface area contributed by atoms with Crippen LogP contribution in [0.4, 0.5) is 15.8 Å². The number of benzene rings is 2. The highest BCUT2D eigenvalue weighted by Crippen LogP contribution is 2.22. The molecule has 0 saturated carbocycles. The number of nitrogens with zero attached hydrogens (tertiary/aromatic N) is 2. The summed E-state index contributed by atoms with van der Waals surface area (Å²) in [7, 11) is 0. The summed E-state index contributed by atoms with van der Waals surface area (Å²) in [6, 6.07) is 11.0. The molecule has 1 aliphatic rings. The minimum absolute atomic E-state index is 0.132. The maximum atomic E-state index is 13.3. The number of amides is 2. The molecular weight excluding hydrogens is 395 g/mol. The molecule has 0 aliphatic carbocycles. The van der Waals surface area contributed by atoms with Crippen LogP contribution in [-0.2, 0) is 14.3 Å². The first-order valence-corrected chi connectivity index (χ1v) is 9.35. The zero-order valence-corrected chi connectivity index (χ0v) is 16.0. The number of anilines is 1. The standard InChI is InChI=1S/C20H21FN4O5/c21-15-6-4-14(5-7-15)18(24-8-10-30-11-9-24)13-22-19(26)20(27)23-16-2-1-3-17(12-16)25(28)29/h1-7,12,18H,8-11,13H2,(H,22,26)(H,23,27). The van der Waals surface area contributed by atoms with E-state index >= 15 is 0 Å². The van der Waals surface area contributed by atoms with Crippen molar-refractivity contribution in [1.29, 1.82) is 0 Å². The molecule has 30 heavy (non-hydrogen) atoms. The maximum absolute atomic E-state index is 13.3. The smallest absolute Gasteiger partial charge is 0.313 e. The lowest BCUT2D eigenvalue weighted by atomic mass is 10.0. The number of carbonyl (C=O) groups is 2. The molecule has 0 radical (unpaired) electrons. The Labute approximate surface area is 172 Å². The summed E-state index contributed by atoms with van der Waals surface area (Å²) in [6.45, 7) is 2.49. The van der Waals surface area contributed by atoms with Crippen LogP contribution >= 0.6 is 0 Å². The molecule has 10 heteroatoms. The Kier molecular flexibility index (Phi) is 7.04. The molecule has 2 aromatic rings. The molecule has 0 spiro atoms. The third-order valence-corrected chi connectivity index (χ3v) is 4.72. The van der Waals surface area contributed by atoms with Gasteiger partial charge in [-0.05, 0) is 23.8 Å². The van der Waals surface area contributed by atoms with E-state index in [4.69, 9.17) is 4.74 Å². The van der Waals surface area contributed by atoms with Crippen LogP contribution in [0.25, 0.3) is 0 Å². The number of hydrogen-bond acceptors (Lipinski definition) is 6. The molecule has 1 atom stereocenters. The molecule has 2 aromatic carbocycles. The molecule has 0 bridgehead atoms. The van der Waals surface area contributed by atoms with Crippen molar-refractivity contribution >= 4 is 23.2 Å². The highest BCUT2D eigenvalue weighted by atomic mass is 19.1. The Morgan fingerprint density at radius 1 is 1.13 bits per heavy atom. The molecular formula is C20H21FN4O5. The lowest BCUT2D eigenvalue weighted by Gasteiger charge is -2.34. The van der Waals surface area contributed by atoms with Crippen LogP contribution in [-0.4, -0.2) is 54.5 Å². The summed E-state index contributed by atoms with van der Waals surface area (Å²) in [5.41, 5.74) is 0.752. The van der Waals surface area contributed by atoms with Gasteiger partial charge in [0, 0.05) is 37.5 Å². The quantitative estimate of drug-likeness (QED) is 0.422. The first kappa shape index (κ1) is 21.3. The Bertz CT molecular complexity index is 916. The summed E-state index contributed by atoms with van der Waals surface area (Å²) in [5.74, 6) is -2.17. The van der Waals surface area contributed by atoms with Gasteiger partial charge in [-0.25, -0.2) is 4.39 Å². The fourth-order valence-electron chi connectivity index (χ4n) is 3.19. The van der Waals surface area contributed by atoms with Gasteiger partial charge in [-0.2, -0.15) is 0 Å². The summed E-state index contributed by atoms with van der Waals surface area (Å²) < 4.78 is 18.7. The van der Waals surface area contributed by atoms with Gasteiger partial charge in [0.15, 0.2) is 0 Å². The van der Waals surface area contributed by atoms with Gasteiger partial charge in [-0.15, -0.1) is 0 Å². The molecule has 1 aliphatic heterocycles. The third-order valence-electron chi connectivity index (χ3n) is 4.72. The number of nitro groups is 1. The topological polar surface area (TPSA) is 114 Å². The highest BCUT2D eigenvalue weighted by Gasteiger charge is 2.24. The fraction of sp³-hybridized carbons (Fsp3) is 0.300. The number of halogens is 1. The number of hydrogen-bond donors (Lipinski definition) is 2. The second-order valence-corrected chi connectivity index (χ2v) is 6.69. The predicted molar refractivity (Wildman–Crippen MR) is 106 cm³/mol. The van der Waals surface area contributed by atoms with Crippen LogP contribution in [0, 0.1) is 15.9 Å². The normalized spacial score (nSPS) is 15.2. The number of carbonyl (C=O) groups excluding carboxylic acids is 2. The van der Waals surface area contributed by atoms with Gasteiger partial charge in [0.2, 0.25) is 0 Å². The van der Waals surface area contributed by atoms with Crippen LogP contribution in [0.5, 0.6) is 0 Å². The zero-order chi connectivity index (χ0) is 21.5. The maximum Gasteiger partial charge on any atom is 0.313 e. The number of morpholine rings is 1. The summed E-state index contributed by atoms with van der Waals surface area (Å²) in [6.07, 6.45) is 0. The summed E-state index contributed by atoms with van der Waals surface area (Å²) >= 11 is 0. The Morgan fingerprint density at radius 3 is 2.50 bits per heavy atom. The van der Waals surface area contributed by atoms with Gasteiger partial charge in [-0.1, -0.05) is 18.2 Å².